The molecule has 0 aromatic carbocycles. The van der Waals surface area contributed by atoms with Crippen LogP contribution >= 0.6 is 0 Å². The zero-order chi connectivity index (χ0) is 8.77. The van der Waals surface area contributed by atoms with Crippen molar-refractivity contribution in [1.82, 2.24) is 0 Å². The first-order valence-corrected chi connectivity index (χ1v) is 4.06. The molecule has 0 aromatic heterocycles. The molecule has 0 spiro atoms. The summed E-state index contributed by atoms with van der Waals surface area (Å²) in [6.07, 6.45) is 0.665. The van der Waals surface area contributed by atoms with Gasteiger partial charge < -0.3 is 14.6 Å². The van der Waals surface area contributed by atoms with Crippen molar-refractivity contribution < 1.29 is 45.7 Å². The molecule has 3 atom stereocenters. The minimum Gasteiger partial charge on any atom is -0.543 e. The van der Waals surface area contributed by atoms with E-state index in [4.69, 9.17) is 9.47 Å². The fourth-order valence-electron chi connectivity index (χ4n) is 2.17. The Morgan fingerprint density at radius 1 is 1.85 bits per heavy atom. The molecule has 1 aliphatic carbocycles. The predicted molar refractivity (Wildman–Crippen MR) is 43.2 cm³/mol. The van der Waals surface area contributed by atoms with Gasteiger partial charge in [-0.1, -0.05) is 11.5 Å². The summed E-state index contributed by atoms with van der Waals surface area (Å²) < 4.78 is 10.7. The summed E-state index contributed by atoms with van der Waals surface area (Å²) >= 11 is 0. The Morgan fingerprint density at radius 3 is 2.92 bits per heavy atom. The normalized spacial score (nSPS) is 42.2. The molecule has 2 rings (SSSR count). The number of aliphatic hydroxyl groups excluding tert-OH is 1. The number of hydrogen-bond acceptors (Lipinski definition) is 3. The fourth-order valence-corrected chi connectivity index (χ4v) is 2.17. The average molecular weight is 407 g/mol. The Balaban J connectivity index is 0.000000845. The van der Waals surface area contributed by atoms with Crippen LogP contribution in [0.4, 0.5) is 0 Å². The standard InChI is InChI=1S/C9H13O3.U/c1-6-3-9(5-10)8(11-2)7(6)4-12-9;/h4,7-8,10H,1,3,5H2,2H3;/q-1;/t7-,8+,9-;/m1./s1. The van der Waals surface area contributed by atoms with Gasteiger partial charge in [0.1, 0.15) is 0 Å². The van der Waals surface area contributed by atoms with Crippen LogP contribution in [0.3, 0.4) is 0 Å². The summed E-state index contributed by atoms with van der Waals surface area (Å²) in [4.78, 5) is 0. The number of fused-ring (bicyclic) bond motifs is 2. The molecule has 0 unspecified atom stereocenters. The molecule has 13 heavy (non-hydrogen) atoms. The second-order valence-electron chi connectivity index (χ2n) is 3.49. The van der Waals surface area contributed by atoms with Crippen LogP contribution in [-0.2, 0) is 9.47 Å². The van der Waals surface area contributed by atoms with E-state index in [1.54, 1.807) is 13.7 Å². The molecule has 1 N–H and O–H groups in total. The molecule has 1 saturated carbocycles. The van der Waals surface area contributed by atoms with Gasteiger partial charge in [0, 0.05) is 38.2 Å². The molecule has 2 aliphatic rings. The minimum atomic E-state index is -0.531. The van der Waals surface area contributed by atoms with E-state index in [2.05, 4.69) is 6.58 Å². The van der Waals surface area contributed by atoms with Gasteiger partial charge in [0.25, 0.3) is 0 Å². The minimum absolute atomic E-state index is 0. The molecule has 1 heterocycles. The topological polar surface area (TPSA) is 38.7 Å². The predicted octanol–water partition coefficient (Wildman–Crippen LogP) is 0.501. The first-order valence-electron chi connectivity index (χ1n) is 4.06. The van der Waals surface area contributed by atoms with Crippen molar-refractivity contribution in [2.45, 2.75) is 18.1 Å². The van der Waals surface area contributed by atoms with Gasteiger partial charge in [0.2, 0.25) is 0 Å². The van der Waals surface area contributed by atoms with Crippen LogP contribution < -0.4 is 0 Å². The number of methoxy groups -OCH3 is 1. The zero-order valence-corrected chi connectivity index (χ0v) is 11.8. The van der Waals surface area contributed by atoms with Crippen molar-refractivity contribution in [3.05, 3.63) is 18.8 Å². The van der Waals surface area contributed by atoms with Gasteiger partial charge in [-0.15, -0.1) is 6.58 Å². The molecule has 1 saturated heterocycles. The largest absolute Gasteiger partial charge is 0.543 e. The number of ether oxygens (including phenoxy) is 2. The first-order chi connectivity index (χ1) is 5.73. The van der Waals surface area contributed by atoms with Crippen molar-refractivity contribution >= 4 is 0 Å². The molecule has 4 heteroatoms. The second-order valence-corrected chi connectivity index (χ2v) is 3.49. The Labute approximate surface area is 102 Å². The third-order valence-corrected chi connectivity index (χ3v) is 2.81. The Hall–Kier alpha value is 0.672. The molecule has 2 fully saturated rings. The number of aliphatic hydroxyl groups is 1. The first kappa shape index (κ1) is 11.7. The van der Waals surface area contributed by atoms with E-state index < -0.39 is 5.60 Å². The quantitative estimate of drug-likeness (QED) is 0.536. The Bertz CT molecular complexity index is 219. The van der Waals surface area contributed by atoms with Crippen molar-refractivity contribution in [2.75, 3.05) is 13.7 Å². The van der Waals surface area contributed by atoms with Gasteiger partial charge in [0.05, 0.1) is 18.3 Å². The van der Waals surface area contributed by atoms with Gasteiger partial charge in [0.15, 0.2) is 0 Å². The second kappa shape index (κ2) is 4.04. The van der Waals surface area contributed by atoms with Crippen molar-refractivity contribution in [3.8, 4) is 0 Å². The van der Waals surface area contributed by atoms with Crippen molar-refractivity contribution in [3.63, 3.8) is 0 Å². The van der Waals surface area contributed by atoms with Crippen LogP contribution in [0, 0.1) is 43.6 Å². The summed E-state index contributed by atoms with van der Waals surface area (Å²) in [5, 5.41) is 9.20. The summed E-state index contributed by atoms with van der Waals surface area (Å²) in [5.41, 5.74) is 0.568. The molecular weight excluding hydrogens is 394 g/mol. The van der Waals surface area contributed by atoms with Gasteiger partial charge in [-0.2, -0.15) is 0 Å². The monoisotopic (exact) mass is 407 g/mol. The van der Waals surface area contributed by atoms with Crippen molar-refractivity contribution in [1.29, 1.82) is 0 Å². The van der Waals surface area contributed by atoms with Gasteiger partial charge >= 0.3 is 0 Å². The van der Waals surface area contributed by atoms with Crippen LogP contribution in [0.25, 0.3) is 0 Å². The SMILES string of the molecule is C=C1C[C@]2(CO)O[CH-][C@H]1[C@@H]2OC.[U]. The smallest absolute Gasteiger partial charge is 0.0870 e. The molecule has 0 radical (unpaired) electrons. The summed E-state index contributed by atoms with van der Waals surface area (Å²) in [6.45, 7) is 5.66. The Kier molecular flexibility index (Phi) is 3.65. The van der Waals surface area contributed by atoms with Crippen LogP contribution in [0.15, 0.2) is 12.2 Å². The van der Waals surface area contributed by atoms with Crippen LogP contribution in [0.2, 0.25) is 0 Å². The zero-order valence-electron chi connectivity index (χ0n) is 7.62. The summed E-state index contributed by atoms with van der Waals surface area (Å²) in [7, 11) is 1.64. The third-order valence-electron chi connectivity index (χ3n) is 2.81. The Morgan fingerprint density at radius 2 is 2.54 bits per heavy atom. The van der Waals surface area contributed by atoms with Crippen LogP contribution in [0.1, 0.15) is 6.42 Å². The van der Waals surface area contributed by atoms with E-state index in [0.29, 0.717) is 6.42 Å². The maximum atomic E-state index is 9.20. The summed E-state index contributed by atoms with van der Waals surface area (Å²) in [5.74, 6) is 0.169. The maximum Gasteiger partial charge on any atom is 0.0870 e. The van der Waals surface area contributed by atoms with Gasteiger partial charge in [-0.25, -0.2) is 6.61 Å². The maximum absolute atomic E-state index is 9.20. The van der Waals surface area contributed by atoms with E-state index in [1.807, 2.05) is 0 Å². The number of hydrogen-bond donors (Lipinski definition) is 1. The van der Waals surface area contributed by atoms with E-state index in [0.717, 1.165) is 5.57 Å². The van der Waals surface area contributed by atoms with E-state index in [1.165, 1.54) is 0 Å². The molecule has 0 amide bonds. The van der Waals surface area contributed by atoms with Gasteiger partial charge in [-0.05, 0) is 6.42 Å². The molecule has 0 aromatic rings. The molecular formula is C9H13O3U-. The van der Waals surface area contributed by atoms with Crippen LogP contribution in [-0.4, -0.2) is 30.5 Å². The number of rotatable bonds is 2. The molecule has 2 bridgehead atoms. The van der Waals surface area contributed by atoms with E-state index in [9.17, 15) is 5.11 Å². The van der Waals surface area contributed by atoms with E-state index in [-0.39, 0.29) is 49.7 Å². The third kappa shape index (κ3) is 1.53. The molecule has 72 valence electrons. The molecule has 3 nitrogen and oxygen atoms in total. The van der Waals surface area contributed by atoms with E-state index >= 15 is 0 Å². The van der Waals surface area contributed by atoms with Crippen molar-refractivity contribution in [2.24, 2.45) is 5.92 Å². The van der Waals surface area contributed by atoms with Gasteiger partial charge in [-0.3, -0.25) is 0 Å². The fraction of sp³-hybridized carbons (Fsp3) is 0.667. The molecule has 1 aliphatic heterocycles. The average Bonchev–Trinajstić information content (AvgIpc) is 2.56. The van der Waals surface area contributed by atoms with Crippen LogP contribution in [0.5, 0.6) is 0 Å². The summed E-state index contributed by atoms with van der Waals surface area (Å²) in [6, 6.07) is 0.